The average molecular weight is 340 g/mol. The maximum absolute atomic E-state index is 13.5. The van der Waals surface area contributed by atoms with Gasteiger partial charge in [-0.25, -0.2) is 8.78 Å². The lowest BCUT2D eigenvalue weighted by atomic mass is 9.91. The summed E-state index contributed by atoms with van der Waals surface area (Å²) >= 11 is 0. The van der Waals surface area contributed by atoms with E-state index in [9.17, 15) is 18.7 Å². The number of aliphatic hydroxyl groups excluding tert-OH is 1. The standard InChI is InChI=1S/C18H26F2N2O2/c1-3-12(10-23)22(4-2)18(24)9-17(21)13-6-5-11-7-15(19)16(20)8-14(11)13/h7-8,12-13,17,23H,3-6,9-10,21H2,1-2H3. The van der Waals surface area contributed by atoms with Crippen molar-refractivity contribution in [3.63, 3.8) is 0 Å². The van der Waals surface area contributed by atoms with E-state index in [0.717, 1.165) is 5.56 Å². The molecule has 0 saturated carbocycles. The van der Waals surface area contributed by atoms with Crippen LogP contribution in [0.3, 0.4) is 0 Å². The largest absolute Gasteiger partial charge is 0.394 e. The Hall–Kier alpha value is -1.53. The van der Waals surface area contributed by atoms with E-state index in [1.807, 2.05) is 13.8 Å². The average Bonchev–Trinajstić information content (AvgIpc) is 2.95. The number of aryl methyl sites for hydroxylation is 1. The van der Waals surface area contributed by atoms with Gasteiger partial charge in [-0.15, -0.1) is 0 Å². The minimum Gasteiger partial charge on any atom is -0.394 e. The SMILES string of the molecule is CCC(CO)N(CC)C(=O)CC(N)C1CCc2cc(F)c(F)cc21. The van der Waals surface area contributed by atoms with E-state index in [0.29, 0.717) is 31.4 Å². The maximum Gasteiger partial charge on any atom is 0.224 e. The second-order valence-corrected chi connectivity index (χ2v) is 6.40. The molecule has 0 bridgehead atoms. The first kappa shape index (κ1) is 18.8. The molecule has 24 heavy (non-hydrogen) atoms. The van der Waals surface area contributed by atoms with Crippen LogP contribution in [0, 0.1) is 11.6 Å². The fraction of sp³-hybridized carbons (Fsp3) is 0.611. The minimum atomic E-state index is -0.874. The summed E-state index contributed by atoms with van der Waals surface area (Å²) in [5, 5.41) is 9.41. The van der Waals surface area contributed by atoms with Crippen LogP contribution in [-0.4, -0.2) is 41.1 Å². The van der Waals surface area contributed by atoms with Crippen LogP contribution in [0.1, 0.15) is 50.2 Å². The van der Waals surface area contributed by atoms with Crippen molar-refractivity contribution in [1.82, 2.24) is 4.90 Å². The van der Waals surface area contributed by atoms with E-state index in [-0.39, 0.29) is 30.9 Å². The van der Waals surface area contributed by atoms with E-state index in [1.165, 1.54) is 12.1 Å². The van der Waals surface area contributed by atoms with Gasteiger partial charge >= 0.3 is 0 Å². The zero-order valence-electron chi connectivity index (χ0n) is 14.3. The fourth-order valence-corrected chi connectivity index (χ4v) is 3.62. The van der Waals surface area contributed by atoms with Crippen LogP contribution >= 0.6 is 0 Å². The monoisotopic (exact) mass is 340 g/mol. The Morgan fingerprint density at radius 3 is 2.62 bits per heavy atom. The number of amides is 1. The first-order chi connectivity index (χ1) is 11.4. The molecule has 0 aliphatic heterocycles. The highest BCUT2D eigenvalue weighted by molar-refractivity contribution is 5.77. The molecular weight excluding hydrogens is 314 g/mol. The molecule has 134 valence electrons. The van der Waals surface area contributed by atoms with Crippen molar-refractivity contribution in [2.24, 2.45) is 5.73 Å². The van der Waals surface area contributed by atoms with E-state index >= 15 is 0 Å². The van der Waals surface area contributed by atoms with Crippen molar-refractivity contribution >= 4 is 5.91 Å². The molecular formula is C18H26F2N2O2. The first-order valence-corrected chi connectivity index (χ1v) is 8.56. The topological polar surface area (TPSA) is 66.6 Å². The molecule has 0 aromatic heterocycles. The molecule has 3 N–H and O–H groups in total. The second kappa shape index (κ2) is 8.03. The van der Waals surface area contributed by atoms with Gasteiger partial charge in [-0.1, -0.05) is 6.92 Å². The van der Waals surface area contributed by atoms with Crippen LogP contribution in [0.2, 0.25) is 0 Å². The third kappa shape index (κ3) is 3.75. The summed E-state index contributed by atoms with van der Waals surface area (Å²) in [6.07, 6.45) is 2.14. The van der Waals surface area contributed by atoms with Crippen LogP contribution in [0.25, 0.3) is 0 Å². The zero-order chi connectivity index (χ0) is 17.9. The van der Waals surface area contributed by atoms with Crippen molar-refractivity contribution in [1.29, 1.82) is 0 Å². The number of likely N-dealkylation sites (N-methyl/N-ethyl adjacent to an activating group) is 1. The molecule has 0 saturated heterocycles. The lowest BCUT2D eigenvalue weighted by Gasteiger charge is -2.31. The molecule has 1 aliphatic carbocycles. The van der Waals surface area contributed by atoms with Gasteiger partial charge in [0.2, 0.25) is 5.91 Å². The Kier molecular flexibility index (Phi) is 6.29. The molecule has 6 heteroatoms. The normalized spacial score (nSPS) is 19.0. The molecule has 0 radical (unpaired) electrons. The third-order valence-corrected chi connectivity index (χ3v) is 5.02. The highest BCUT2D eigenvalue weighted by Crippen LogP contribution is 2.37. The molecule has 0 fully saturated rings. The number of benzene rings is 1. The van der Waals surface area contributed by atoms with Crippen LogP contribution in [0.15, 0.2) is 12.1 Å². The third-order valence-electron chi connectivity index (χ3n) is 5.02. The van der Waals surface area contributed by atoms with Crippen LogP contribution in [0.4, 0.5) is 8.78 Å². The molecule has 1 aromatic rings. The predicted octanol–water partition coefficient (Wildman–Crippen LogP) is 2.33. The van der Waals surface area contributed by atoms with Gasteiger partial charge in [0.1, 0.15) is 0 Å². The van der Waals surface area contributed by atoms with Gasteiger partial charge in [-0.05, 0) is 49.4 Å². The fourth-order valence-electron chi connectivity index (χ4n) is 3.62. The zero-order valence-corrected chi connectivity index (χ0v) is 14.3. The van der Waals surface area contributed by atoms with E-state index in [4.69, 9.17) is 5.73 Å². The van der Waals surface area contributed by atoms with E-state index < -0.39 is 17.7 Å². The molecule has 4 nitrogen and oxygen atoms in total. The number of carbonyl (C=O) groups is 1. The van der Waals surface area contributed by atoms with Crippen molar-refractivity contribution in [2.45, 2.75) is 57.5 Å². The smallest absolute Gasteiger partial charge is 0.224 e. The Labute approximate surface area is 141 Å². The van der Waals surface area contributed by atoms with Gasteiger partial charge < -0.3 is 15.7 Å². The van der Waals surface area contributed by atoms with Crippen molar-refractivity contribution in [2.75, 3.05) is 13.2 Å². The van der Waals surface area contributed by atoms with Crippen LogP contribution in [-0.2, 0) is 11.2 Å². The molecule has 1 amide bonds. The number of carbonyl (C=O) groups excluding carboxylic acids is 1. The molecule has 1 aromatic carbocycles. The summed E-state index contributed by atoms with van der Waals surface area (Å²) in [5.41, 5.74) is 7.72. The molecule has 3 atom stereocenters. The Balaban J connectivity index is 2.10. The Bertz CT molecular complexity index is 591. The number of aliphatic hydroxyl groups is 1. The number of nitrogens with two attached hydrogens (primary N) is 1. The summed E-state index contributed by atoms with van der Waals surface area (Å²) in [7, 11) is 0. The first-order valence-electron chi connectivity index (χ1n) is 8.56. The summed E-state index contributed by atoms with van der Waals surface area (Å²) in [4.78, 5) is 14.2. The van der Waals surface area contributed by atoms with Gasteiger partial charge in [0.15, 0.2) is 11.6 Å². The lowest BCUT2D eigenvalue weighted by Crippen LogP contribution is -2.45. The van der Waals surface area contributed by atoms with Gasteiger partial charge in [0.25, 0.3) is 0 Å². The number of rotatable bonds is 7. The Morgan fingerprint density at radius 1 is 1.38 bits per heavy atom. The minimum absolute atomic E-state index is 0.0813. The van der Waals surface area contributed by atoms with Gasteiger partial charge in [-0.2, -0.15) is 0 Å². The summed E-state index contributed by atoms with van der Waals surface area (Å²) in [5.74, 6) is -1.97. The summed E-state index contributed by atoms with van der Waals surface area (Å²) in [6.45, 7) is 4.21. The van der Waals surface area contributed by atoms with Crippen molar-refractivity contribution in [3.05, 3.63) is 34.9 Å². The number of hydrogen-bond donors (Lipinski definition) is 2. The Morgan fingerprint density at radius 2 is 2.04 bits per heavy atom. The predicted molar refractivity (Wildman–Crippen MR) is 88.6 cm³/mol. The van der Waals surface area contributed by atoms with Crippen molar-refractivity contribution < 1.29 is 18.7 Å². The van der Waals surface area contributed by atoms with Crippen LogP contribution in [0.5, 0.6) is 0 Å². The lowest BCUT2D eigenvalue weighted by molar-refractivity contribution is -0.134. The number of fused-ring (bicyclic) bond motifs is 1. The molecule has 0 heterocycles. The second-order valence-electron chi connectivity index (χ2n) is 6.40. The van der Waals surface area contributed by atoms with Gasteiger partial charge in [-0.3, -0.25) is 4.79 Å². The van der Waals surface area contributed by atoms with Gasteiger partial charge in [0.05, 0.1) is 12.6 Å². The molecule has 2 rings (SSSR count). The highest BCUT2D eigenvalue weighted by atomic mass is 19.2. The van der Waals surface area contributed by atoms with E-state index in [1.54, 1.807) is 4.90 Å². The quantitative estimate of drug-likeness (QED) is 0.801. The molecule has 1 aliphatic rings. The van der Waals surface area contributed by atoms with Gasteiger partial charge in [0, 0.05) is 24.9 Å². The highest BCUT2D eigenvalue weighted by Gasteiger charge is 2.32. The summed E-state index contributed by atoms with van der Waals surface area (Å²) < 4.78 is 26.9. The van der Waals surface area contributed by atoms with Crippen molar-refractivity contribution in [3.8, 4) is 0 Å². The summed E-state index contributed by atoms with van der Waals surface area (Å²) in [6, 6.07) is 1.79. The molecule has 0 spiro atoms. The molecule has 3 unspecified atom stereocenters. The maximum atomic E-state index is 13.5. The number of hydrogen-bond acceptors (Lipinski definition) is 3. The number of nitrogens with zero attached hydrogens (tertiary/aromatic N) is 1. The van der Waals surface area contributed by atoms with E-state index in [2.05, 4.69) is 0 Å². The van der Waals surface area contributed by atoms with Crippen LogP contribution < -0.4 is 5.73 Å². The number of halogens is 2.